The monoisotopic (exact) mass is 272 g/mol. The third-order valence-electron chi connectivity index (χ3n) is 3.33. The lowest BCUT2D eigenvalue weighted by atomic mass is 10.0. The molecule has 1 atom stereocenters. The van der Waals surface area contributed by atoms with Gasteiger partial charge in [-0.05, 0) is 40.2 Å². The predicted molar refractivity (Wildman–Crippen MR) is 75.2 cm³/mol. The van der Waals surface area contributed by atoms with Crippen molar-refractivity contribution in [2.45, 2.75) is 51.7 Å². The molecule has 5 heteroatoms. The number of aliphatic hydroxyl groups is 1. The van der Waals surface area contributed by atoms with Gasteiger partial charge in [0.05, 0.1) is 6.61 Å². The molecule has 5 nitrogen and oxygen atoms in total. The molecule has 0 spiro atoms. The molecule has 0 aliphatic carbocycles. The molecule has 0 bridgehead atoms. The summed E-state index contributed by atoms with van der Waals surface area (Å²) >= 11 is 0. The SMILES string of the molecule is CN(C[C@@H]1CCCCN1CCO)C(=O)OC(C)(C)C. The van der Waals surface area contributed by atoms with Crippen LogP contribution in [0.4, 0.5) is 4.79 Å². The standard InChI is InChI=1S/C14H28N2O3/c1-14(2,3)19-13(18)15(4)11-12-7-5-6-8-16(12)9-10-17/h12,17H,5-11H2,1-4H3/t12-/m0/s1. The van der Waals surface area contributed by atoms with Crippen LogP contribution in [0.1, 0.15) is 40.0 Å². The molecule has 112 valence electrons. The van der Waals surface area contributed by atoms with Crippen molar-refractivity contribution in [1.29, 1.82) is 0 Å². The summed E-state index contributed by atoms with van der Waals surface area (Å²) in [4.78, 5) is 15.8. The summed E-state index contributed by atoms with van der Waals surface area (Å²) in [6, 6.07) is 0.332. The maximum absolute atomic E-state index is 11.9. The summed E-state index contributed by atoms with van der Waals surface area (Å²) in [5, 5.41) is 9.09. The first-order valence-corrected chi connectivity index (χ1v) is 7.12. The van der Waals surface area contributed by atoms with E-state index in [1.165, 1.54) is 12.8 Å². The van der Waals surface area contributed by atoms with Crippen LogP contribution in [0.3, 0.4) is 0 Å². The molecule has 1 fully saturated rings. The lowest BCUT2D eigenvalue weighted by molar-refractivity contribution is 0.0205. The summed E-state index contributed by atoms with van der Waals surface area (Å²) in [6.07, 6.45) is 3.16. The van der Waals surface area contributed by atoms with Gasteiger partial charge in [-0.25, -0.2) is 4.79 Å². The summed E-state index contributed by atoms with van der Waals surface area (Å²) in [5.74, 6) is 0. The fraction of sp³-hybridized carbons (Fsp3) is 0.929. The van der Waals surface area contributed by atoms with E-state index in [-0.39, 0.29) is 12.7 Å². The highest BCUT2D eigenvalue weighted by Crippen LogP contribution is 2.18. The highest BCUT2D eigenvalue weighted by Gasteiger charge is 2.26. The first-order valence-electron chi connectivity index (χ1n) is 7.12. The molecule has 1 aliphatic heterocycles. The quantitative estimate of drug-likeness (QED) is 0.846. The number of carbonyl (C=O) groups is 1. The summed E-state index contributed by atoms with van der Waals surface area (Å²) in [6.45, 7) is 8.15. The van der Waals surface area contributed by atoms with Crippen LogP contribution in [0.25, 0.3) is 0 Å². The molecular weight excluding hydrogens is 244 g/mol. The highest BCUT2D eigenvalue weighted by atomic mass is 16.6. The van der Waals surface area contributed by atoms with Crippen LogP contribution in [0.2, 0.25) is 0 Å². The van der Waals surface area contributed by atoms with Crippen LogP contribution in [-0.2, 0) is 4.74 Å². The Balaban J connectivity index is 2.49. The molecule has 1 amide bonds. The second kappa shape index (κ2) is 7.10. The molecule has 0 aromatic rings. The topological polar surface area (TPSA) is 53.0 Å². The van der Waals surface area contributed by atoms with Crippen LogP contribution in [0.5, 0.6) is 0 Å². The van der Waals surface area contributed by atoms with Gasteiger partial charge in [-0.15, -0.1) is 0 Å². The van der Waals surface area contributed by atoms with Crippen LogP contribution >= 0.6 is 0 Å². The number of hydrogen-bond donors (Lipinski definition) is 1. The van der Waals surface area contributed by atoms with Crippen LogP contribution in [0.15, 0.2) is 0 Å². The lowest BCUT2D eigenvalue weighted by Crippen LogP contribution is -2.48. The summed E-state index contributed by atoms with van der Waals surface area (Å²) in [5.41, 5.74) is -0.456. The minimum absolute atomic E-state index is 0.173. The lowest BCUT2D eigenvalue weighted by Gasteiger charge is -2.37. The van der Waals surface area contributed by atoms with Gasteiger partial charge in [-0.2, -0.15) is 0 Å². The average molecular weight is 272 g/mol. The summed E-state index contributed by atoms with van der Waals surface area (Å²) < 4.78 is 5.36. The first kappa shape index (κ1) is 16.2. The van der Waals surface area contributed by atoms with Crippen molar-refractivity contribution in [3.8, 4) is 0 Å². The number of likely N-dealkylation sites (tertiary alicyclic amines) is 1. The normalized spacial score (nSPS) is 21.2. The average Bonchev–Trinajstić information content (AvgIpc) is 2.29. The van der Waals surface area contributed by atoms with Crippen molar-refractivity contribution in [2.24, 2.45) is 0 Å². The Bertz CT molecular complexity index is 287. The van der Waals surface area contributed by atoms with E-state index in [1.54, 1.807) is 11.9 Å². The second-order valence-corrected chi connectivity index (χ2v) is 6.27. The number of rotatable bonds is 4. The van der Waals surface area contributed by atoms with E-state index >= 15 is 0 Å². The zero-order chi connectivity index (χ0) is 14.5. The molecule has 1 N–H and O–H groups in total. The van der Waals surface area contributed by atoms with Gasteiger partial charge in [0.15, 0.2) is 0 Å². The maximum atomic E-state index is 11.9. The number of carbonyl (C=O) groups excluding carboxylic acids is 1. The summed E-state index contributed by atoms with van der Waals surface area (Å²) in [7, 11) is 1.78. The van der Waals surface area contributed by atoms with E-state index < -0.39 is 5.60 Å². The Hall–Kier alpha value is -0.810. The van der Waals surface area contributed by atoms with E-state index in [9.17, 15) is 4.79 Å². The number of likely N-dealkylation sites (N-methyl/N-ethyl adjacent to an activating group) is 1. The molecule has 1 rings (SSSR count). The van der Waals surface area contributed by atoms with E-state index in [4.69, 9.17) is 9.84 Å². The molecule has 1 heterocycles. The number of β-amino-alcohol motifs (C(OH)–C–C–N with tert-alkyl or cyclic N) is 1. The van der Waals surface area contributed by atoms with Gasteiger partial charge >= 0.3 is 6.09 Å². The van der Waals surface area contributed by atoms with E-state index in [2.05, 4.69) is 4.90 Å². The van der Waals surface area contributed by atoms with E-state index in [0.29, 0.717) is 19.1 Å². The van der Waals surface area contributed by atoms with Crippen LogP contribution in [0, 0.1) is 0 Å². The Morgan fingerprint density at radius 1 is 1.42 bits per heavy atom. The molecule has 0 radical (unpaired) electrons. The largest absolute Gasteiger partial charge is 0.444 e. The molecule has 19 heavy (non-hydrogen) atoms. The van der Waals surface area contributed by atoms with Crippen LogP contribution < -0.4 is 0 Å². The molecule has 0 saturated carbocycles. The van der Waals surface area contributed by atoms with E-state index in [0.717, 1.165) is 13.0 Å². The number of aliphatic hydroxyl groups excluding tert-OH is 1. The fourth-order valence-corrected chi connectivity index (χ4v) is 2.42. The molecule has 1 saturated heterocycles. The number of nitrogens with zero attached hydrogens (tertiary/aromatic N) is 2. The number of ether oxygens (including phenoxy) is 1. The van der Waals surface area contributed by atoms with Gasteiger partial charge < -0.3 is 14.7 Å². The van der Waals surface area contributed by atoms with Gasteiger partial charge in [0.2, 0.25) is 0 Å². The zero-order valence-electron chi connectivity index (χ0n) is 12.7. The van der Waals surface area contributed by atoms with Crippen molar-refractivity contribution in [2.75, 3.05) is 33.3 Å². The van der Waals surface area contributed by atoms with Crippen molar-refractivity contribution in [1.82, 2.24) is 9.80 Å². The molecule has 0 unspecified atom stereocenters. The smallest absolute Gasteiger partial charge is 0.410 e. The number of amides is 1. The molecule has 0 aromatic heterocycles. The van der Waals surface area contributed by atoms with Gasteiger partial charge in [0.25, 0.3) is 0 Å². The molecule has 1 aliphatic rings. The van der Waals surface area contributed by atoms with Gasteiger partial charge in [-0.1, -0.05) is 6.42 Å². The third kappa shape index (κ3) is 5.78. The Morgan fingerprint density at radius 2 is 2.11 bits per heavy atom. The highest BCUT2D eigenvalue weighted by molar-refractivity contribution is 5.67. The third-order valence-corrected chi connectivity index (χ3v) is 3.33. The second-order valence-electron chi connectivity index (χ2n) is 6.27. The number of hydrogen-bond acceptors (Lipinski definition) is 4. The molecular formula is C14H28N2O3. The Morgan fingerprint density at radius 3 is 2.68 bits per heavy atom. The van der Waals surface area contributed by atoms with Crippen LogP contribution in [-0.4, -0.2) is 65.9 Å². The van der Waals surface area contributed by atoms with Crippen molar-refractivity contribution in [3.05, 3.63) is 0 Å². The van der Waals surface area contributed by atoms with Crippen molar-refractivity contribution >= 4 is 6.09 Å². The Labute approximate surface area is 116 Å². The zero-order valence-corrected chi connectivity index (χ0v) is 12.7. The van der Waals surface area contributed by atoms with Crippen molar-refractivity contribution < 1.29 is 14.6 Å². The molecule has 0 aromatic carbocycles. The minimum Gasteiger partial charge on any atom is -0.444 e. The van der Waals surface area contributed by atoms with E-state index in [1.807, 2.05) is 20.8 Å². The van der Waals surface area contributed by atoms with Crippen molar-refractivity contribution in [3.63, 3.8) is 0 Å². The fourth-order valence-electron chi connectivity index (χ4n) is 2.42. The predicted octanol–water partition coefficient (Wildman–Crippen LogP) is 1.70. The van der Waals surface area contributed by atoms with Gasteiger partial charge in [-0.3, -0.25) is 4.90 Å². The maximum Gasteiger partial charge on any atom is 0.410 e. The van der Waals surface area contributed by atoms with Gasteiger partial charge in [0.1, 0.15) is 5.60 Å². The Kier molecular flexibility index (Phi) is 6.07. The first-order chi connectivity index (χ1) is 8.83. The minimum atomic E-state index is -0.456. The number of piperidine rings is 1. The van der Waals surface area contributed by atoms with Gasteiger partial charge in [0, 0.05) is 26.2 Å².